The molecule has 0 atom stereocenters. The SMILES string of the molecule is O=C(NNC(=S)Nc1cccc(C(F)(F)F)c1)c1ccccc1O. The fourth-order valence-corrected chi connectivity index (χ4v) is 1.95. The lowest BCUT2D eigenvalue weighted by molar-refractivity contribution is -0.137. The van der Waals surface area contributed by atoms with Gasteiger partial charge in [-0.25, -0.2) is 0 Å². The first-order valence-corrected chi connectivity index (χ1v) is 7.01. The minimum Gasteiger partial charge on any atom is -0.507 e. The molecule has 0 unspecified atom stereocenters. The fourth-order valence-electron chi connectivity index (χ4n) is 1.78. The molecule has 0 saturated carbocycles. The van der Waals surface area contributed by atoms with Crippen LogP contribution in [0.2, 0.25) is 0 Å². The Labute approximate surface area is 140 Å². The van der Waals surface area contributed by atoms with E-state index in [2.05, 4.69) is 16.2 Å². The van der Waals surface area contributed by atoms with Crippen LogP contribution in [-0.4, -0.2) is 16.1 Å². The largest absolute Gasteiger partial charge is 0.507 e. The lowest BCUT2D eigenvalue weighted by Gasteiger charge is -2.13. The number of amides is 1. The monoisotopic (exact) mass is 355 g/mol. The highest BCUT2D eigenvalue weighted by Gasteiger charge is 2.30. The van der Waals surface area contributed by atoms with Gasteiger partial charge < -0.3 is 10.4 Å². The van der Waals surface area contributed by atoms with Gasteiger partial charge in [-0.15, -0.1) is 0 Å². The van der Waals surface area contributed by atoms with Crippen LogP contribution in [-0.2, 0) is 6.18 Å². The summed E-state index contributed by atoms with van der Waals surface area (Å²) in [6.45, 7) is 0. The van der Waals surface area contributed by atoms with Gasteiger partial charge in [0.1, 0.15) is 5.75 Å². The Morgan fingerprint density at radius 3 is 2.42 bits per heavy atom. The van der Waals surface area contributed by atoms with Crippen molar-refractivity contribution < 1.29 is 23.1 Å². The summed E-state index contributed by atoms with van der Waals surface area (Å²) in [6.07, 6.45) is -4.47. The molecule has 9 heteroatoms. The lowest BCUT2D eigenvalue weighted by atomic mass is 10.2. The van der Waals surface area contributed by atoms with Crippen molar-refractivity contribution >= 4 is 28.9 Å². The predicted octanol–water partition coefficient (Wildman–Crippen LogP) is 3.04. The number of rotatable bonds is 2. The van der Waals surface area contributed by atoms with E-state index in [1.165, 1.54) is 24.3 Å². The number of nitrogens with one attached hydrogen (secondary N) is 3. The maximum Gasteiger partial charge on any atom is 0.416 e. The zero-order valence-corrected chi connectivity index (χ0v) is 12.8. The Morgan fingerprint density at radius 1 is 1.04 bits per heavy atom. The van der Waals surface area contributed by atoms with E-state index < -0.39 is 17.6 Å². The number of para-hydroxylation sites is 1. The standard InChI is InChI=1S/C15H12F3N3O2S/c16-15(17,18)9-4-3-5-10(8-9)19-14(24)21-20-13(23)11-6-1-2-7-12(11)22/h1-8,22H,(H,20,23)(H2,19,21,24). The van der Waals surface area contributed by atoms with Gasteiger partial charge in [-0.3, -0.25) is 15.6 Å². The van der Waals surface area contributed by atoms with Crippen LogP contribution in [0.25, 0.3) is 0 Å². The summed E-state index contributed by atoms with van der Waals surface area (Å²) in [5.41, 5.74) is 3.88. The number of benzene rings is 2. The van der Waals surface area contributed by atoms with Crippen molar-refractivity contribution in [2.75, 3.05) is 5.32 Å². The third-order valence-corrected chi connectivity index (χ3v) is 3.09. The number of aromatic hydroxyl groups is 1. The first kappa shape index (κ1) is 17.5. The number of anilines is 1. The zero-order valence-electron chi connectivity index (χ0n) is 12.0. The lowest BCUT2D eigenvalue weighted by Crippen LogP contribution is -2.43. The van der Waals surface area contributed by atoms with Gasteiger partial charge in [0.15, 0.2) is 5.11 Å². The maximum absolute atomic E-state index is 12.6. The Balaban J connectivity index is 1.95. The number of carbonyl (C=O) groups excluding carboxylic acids is 1. The number of hydrogen-bond donors (Lipinski definition) is 4. The van der Waals surface area contributed by atoms with Gasteiger partial charge in [-0.2, -0.15) is 13.2 Å². The molecule has 0 aliphatic heterocycles. The van der Waals surface area contributed by atoms with E-state index in [0.29, 0.717) is 0 Å². The van der Waals surface area contributed by atoms with Crippen LogP contribution in [0.3, 0.4) is 0 Å². The van der Waals surface area contributed by atoms with Gasteiger partial charge in [0, 0.05) is 5.69 Å². The van der Waals surface area contributed by atoms with Crippen LogP contribution >= 0.6 is 12.2 Å². The molecular weight excluding hydrogens is 343 g/mol. The van der Waals surface area contributed by atoms with Crippen molar-refractivity contribution in [2.24, 2.45) is 0 Å². The third-order valence-electron chi connectivity index (χ3n) is 2.89. The molecule has 2 rings (SSSR count). The molecule has 5 nitrogen and oxygen atoms in total. The summed E-state index contributed by atoms with van der Waals surface area (Å²) in [7, 11) is 0. The van der Waals surface area contributed by atoms with Gasteiger partial charge in [0.05, 0.1) is 11.1 Å². The quantitative estimate of drug-likeness (QED) is 0.492. The number of phenols is 1. The minimum absolute atomic E-state index is 0.0202. The summed E-state index contributed by atoms with van der Waals surface area (Å²) >= 11 is 4.89. The van der Waals surface area contributed by atoms with Crippen molar-refractivity contribution in [1.82, 2.24) is 10.9 Å². The van der Waals surface area contributed by atoms with E-state index in [-0.39, 0.29) is 22.1 Å². The molecule has 0 heterocycles. The van der Waals surface area contributed by atoms with Crippen LogP contribution in [0, 0.1) is 0 Å². The van der Waals surface area contributed by atoms with Crippen molar-refractivity contribution in [3.8, 4) is 5.75 Å². The molecule has 0 spiro atoms. The zero-order chi connectivity index (χ0) is 17.7. The Bertz CT molecular complexity index is 766. The fraction of sp³-hybridized carbons (Fsp3) is 0.0667. The first-order chi connectivity index (χ1) is 11.3. The molecule has 0 aromatic heterocycles. The molecular formula is C15H12F3N3O2S. The van der Waals surface area contributed by atoms with Gasteiger partial charge in [-0.05, 0) is 42.5 Å². The average Bonchev–Trinajstić information content (AvgIpc) is 2.52. The second kappa shape index (κ2) is 7.18. The summed E-state index contributed by atoms with van der Waals surface area (Å²) in [6, 6.07) is 10.3. The van der Waals surface area contributed by atoms with Crippen LogP contribution in [0.5, 0.6) is 5.75 Å². The summed E-state index contributed by atoms with van der Waals surface area (Å²) < 4.78 is 37.9. The number of thiocarbonyl (C=S) groups is 1. The van der Waals surface area contributed by atoms with Crippen LogP contribution in [0.4, 0.5) is 18.9 Å². The summed E-state index contributed by atoms with van der Waals surface area (Å²) in [5.74, 6) is -0.866. The minimum atomic E-state index is -4.47. The van der Waals surface area contributed by atoms with E-state index >= 15 is 0 Å². The topological polar surface area (TPSA) is 73.4 Å². The highest BCUT2D eigenvalue weighted by molar-refractivity contribution is 7.80. The average molecular weight is 355 g/mol. The van der Waals surface area contributed by atoms with Crippen LogP contribution in [0.1, 0.15) is 15.9 Å². The molecule has 126 valence electrons. The molecule has 0 saturated heterocycles. The second-order valence-corrected chi connectivity index (χ2v) is 5.04. The van der Waals surface area contributed by atoms with Crippen molar-refractivity contribution in [3.05, 3.63) is 59.7 Å². The molecule has 1 amide bonds. The molecule has 2 aromatic rings. The Hall–Kier alpha value is -2.81. The summed E-state index contributed by atoms with van der Waals surface area (Å²) in [5, 5.41) is 12.0. The molecule has 4 N–H and O–H groups in total. The van der Waals surface area contributed by atoms with Crippen LogP contribution in [0.15, 0.2) is 48.5 Å². The highest BCUT2D eigenvalue weighted by Crippen LogP contribution is 2.30. The van der Waals surface area contributed by atoms with Gasteiger partial charge in [-0.1, -0.05) is 18.2 Å². The molecule has 0 fully saturated rings. The van der Waals surface area contributed by atoms with Gasteiger partial charge in [0.25, 0.3) is 5.91 Å². The van der Waals surface area contributed by atoms with Crippen LogP contribution < -0.4 is 16.2 Å². The number of phenolic OH excluding ortho intramolecular Hbond substituents is 1. The Kier molecular flexibility index (Phi) is 5.24. The Morgan fingerprint density at radius 2 is 1.75 bits per heavy atom. The van der Waals surface area contributed by atoms with Crippen molar-refractivity contribution in [2.45, 2.75) is 6.18 Å². The normalized spacial score (nSPS) is 10.8. The van der Waals surface area contributed by atoms with E-state index in [1.54, 1.807) is 12.1 Å². The molecule has 0 bridgehead atoms. The van der Waals surface area contributed by atoms with E-state index in [9.17, 15) is 23.1 Å². The second-order valence-electron chi connectivity index (χ2n) is 4.63. The highest BCUT2D eigenvalue weighted by atomic mass is 32.1. The molecule has 24 heavy (non-hydrogen) atoms. The number of carbonyl (C=O) groups is 1. The number of alkyl halides is 3. The smallest absolute Gasteiger partial charge is 0.416 e. The predicted molar refractivity (Wildman–Crippen MR) is 86.4 cm³/mol. The summed E-state index contributed by atoms with van der Waals surface area (Å²) in [4.78, 5) is 11.8. The molecule has 0 aliphatic carbocycles. The van der Waals surface area contributed by atoms with Crippen molar-refractivity contribution in [1.29, 1.82) is 0 Å². The van der Waals surface area contributed by atoms with Crippen molar-refractivity contribution in [3.63, 3.8) is 0 Å². The van der Waals surface area contributed by atoms with Gasteiger partial charge in [0.2, 0.25) is 0 Å². The number of hydrazine groups is 1. The molecule has 0 radical (unpaired) electrons. The number of halogens is 3. The first-order valence-electron chi connectivity index (χ1n) is 6.60. The maximum atomic E-state index is 12.6. The van der Waals surface area contributed by atoms with E-state index in [1.807, 2.05) is 0 Å². The third kappa shape index (κ3) is 4.59. The molecule has 2 aromatic carbocycles. The molecule has 0 aliphatic rings. The van der Waals surface area contributed by atoms with E-state index in [4.69, 9.17) is 12.2 Å². The van der Waals surface area contributed by atoms with E-state index in [0.717, 1.165) is 12.1 Å². The number of hydrogen-bond acceptors (Lipinski definition) is 3. The van der Waals surface area contributed by atoms with Gasteiger partial charge >= 0.3 is 6.18 Å².